The van der Waals surface area contributed by atoms with Gasteiger partial charge in [0.25, 0.3) is 0 Å². The minimum absolute atomic E-state index is 0.0157. The Labute approximate surface area is 156 Å². The average molecular weight is 358 g/mol. The molecular formula is C21H30N2O3. The van der Waals surface area contributed by atoms with Gasteiger partial charge in [0.15, 0.2) is 0 Å². The van der Waals surface area contributed by atoms with Crippen molar-refractivity contribution in [1.82, 2.24) is 10.2 Å². The zero-order valence-electron chi connectivity index (χ0n) is 15.9. The van der Waals surface area contributed by atoms with Crippen molar-refractivity contribution in [3.05, 3.63) is 29.8 Å². The second-order valence-electron chi connectivity index (χ2n) is 7.60. The summed E-state index contributed by atoms with van der Waals surface area (Å²) in [5.74, 6) is 0.955. The highest BCUT2D eigenvalue weighted by Crippen LogP contribution is 2.31. The topological polar surface area (TPSA) is 58.6 Å². The van der Waals surface area contributed by atoms with Gasteiger partial charge in [-0.25, -0.2) is 0 Å². The van der Waals surface area contributed by atoms with Crippen LogP contribution < -0.4 is 10.1 Å². The van der Waals surface area contributed by atoms with Crippen LogP contribution in [0.1, 0.15) is 57.9 Å². The van der Waals surface area contributed by atoms with Gasteiger partial charge in [-0.3, -0.25) is 9.59 Å². The number of nitrogens with one attached hydrogen (secondary N) is 1. The quantitative estimate of drug-likeness (QED) is 0.815. The predicted molar refractivity (Wildman–Crippen MR) is 101 cm³/mol. The van der Waals surface area contributed by atoms with E-state index < -0.39 is 5.54 Å². The van der Waals surface area contributed by atoms with Gasteiger partial charge in [0.05, 0.1) is 6.61 Å². The predicted octanol–water partition coefficient (Wildman–Crippen LogP) is 3.07. The third kappa shape index (κ3) is 4.02. The zero-order chi connectivity index (χ0) is 18.6. The molecular weight excluding hydrogens is 328 g/mol. The van der Waals surface area contributed by atoms with Crippen LogP contribution in [0.5, 0.6) is 5.75 Å². The molecule has 1 aliphatic carbocycles. The SMILES string of the molecule is CCOc1ccc(CCN2C(=O)CC[C@]2(C)C(=O)NC2CCCC2)cc1. The van der Waals surface area contributed by atoms with E-state index in [0.29, 0.717) is 26.0 Å². The number of ether oxygens (including phenoxy) is 1. The number of hydrogen-bond acceptors (Lipinski definition) is 3. The summed E-state index contributed by atoms with van der Waals surface area (Å²) in [7, 11) is 0. The number of rotatable bonds is 7. The Hall–Kier alpha value is -2.04. The minimum atomic E-state index is -0.717. The van der Waals surface area contributed by atoms with E-state index in [0.717, 1.165) is 30.6 Å². The lowest BCUT2D eigenvalue weighted by Gasteiger charge is -2.35. The molecule has 26 heavy (non-hydrogen) atoms. The molecule has 5 nitrogen and oxygen atoms in total. The lowest BCUT2D eigenvalue weighted by atomic mass is 9.96. The highest BCUT2D eigenvalue weighted by atomic mass is 16.5. The summed E-state index contributed by atoms with van der Waals surface area (Å²) in [6, 6.07) is 8.25. The highest BCUT2D eigenvalue weighted by molar-refractivity contribution is 5.94. The van der Waals surface area contributed by atoms with Crippen LogP contribution in [-0.2, 0) is 16.0 Å². The van der Waals surface area contributed by atoms with E-state index in [2.05, 4.69) is 5.32 Å². The molecule has 1 N–H and O–H groups in total. The number of carbonyl (C=O) groups is 2. The molecule has 1 saturated carbocycles. The molecule has 0 bridgehead atoms. The summed E-state index contributed by atoms with van der Waals surface area (Å²) in [6.45, 7) is 5.10. The van der Waals surface area contributed by atoms with Gasteiger partial charge in [-0.05, 0) is 57.2 Å². The Morgan fingerprint density at radius 1 is 1.27 bits per heavy atom. The fraction of sp³-hybridized carbons (Fsp3) is 0.619. The molecule has 1 aromatic rings. The molecule has 1 heterocycles. The standard InChI is InChI=1S/C21H30N2O3/c1-3-26-18-10-8-16(9-11-18)13-15-23-19(24)12-14-21(23,2)20(25)22-17-6-4-5-7-17/h8-11,17H,3-7,12-15H2,1-2H3,(H,22,25)/t21-/m1/s1. The Morgan fingerprint density at radius 3 is 2.62 bits per heavy atom. The van der Waals surface area contributed by atoms with Gasteiger partial charge in [0.2, 0.25) is 11.8 Å². The summed E-state index contributed by atoms with van der Waals surface area (Å²) in [5, 5.41) is 3.18. The molecule has 1 aliphatic heterocycles. The monoisotopic (exact) mass is 358 g/mol. The van der Waals surface area contributed by atoms with E-state index in [9.17, 15) is 9.59 Å². The fourth-order valence-corrected chi connectivity index (χ4v) is 4.07. The van der Waals surface area contributed by atoms with Crippen molar-refractivity contribution in [3.8, 4) is 5.75 Å². The lowest BCUT2D eigenvalue weighted by Crippen LogP contribution is -2.56. The Bertz CT molecular complexity index is 637. The minimum Gasteiger partial charge on any atom is -0.494 e. The van der Waals surface area contributed by atoms with Gasteiger partial charge in [-0.1, -0.05) is 25.0 Å². The summed E-state index contributed by atoms with van der Waals surface area (Å²) in [4.78, 5) is 27.1. The first-order valence-electron chi connectivity index (χ1n) is 9.86. The van der Waals surface area contributed by atoms with Crippen molar-refractivity contribution < 1.29 is 14.3 Å². The Kier molecular flexibility index (Phi) is 5.84. The van der Waals surface area contributed by atoms with Crippen molar-refractivity contribution in [2.45, 2.75) is 70.4 Å². The Morgan fingerprint density at radius 2 is 1.96 bits per heavy atom. The van der Waals surface area contributed by atoms with Gasteiger partial charge in [0, 0.05) is 19.0 Å². The van der Waals surface area contributed by atoms with E-state index in [4.69, 9.17) is 4.74 Å². The molecule has 2 fully saturated rings. The molecule has 2 amide bonds. The fourth-order valence-electron chi connectivity index (χ4n) is 4.07. The molecule has 0 spiro atoms. The number of amides is 2. The van der Waals surface area contributed by atoms with Crippen LogP contribution in [0.25, 0.3) is 0 Å². The molecule has 142 valence electrons. The van der Waals surface area contributed by atoms with E-state index in [1.807, 2.05) is 38.1 Å². The van der Waals surface area contributed by atoms with Crippen LogP contribution in [-0.4, -0.2) is 41.4 Å². The normalized spacial score (nSPS) is 23.5. The van der Waals surface area contributed by atoms with E-state index >= 15 is 0 Å². The molecule has 2 aliphatic rings. The molecule has 0 radical (unpaired) electrons. The van der Waals surface area contributed by atoms with Gasteiger partial charge >= 0.3 is 0 Å². The van der Waals surface area contributed by atoms with E-state index in [1.165, 1.54) is 12.8 Å². The third-order valence-corrected chi connectivity index (χ3v) is 5.76. The summed E-state index contributed by atoms with van der Waals surface area (Å²) >= 11 is 0. The molecule has 1 aromatic carbocycles. The number of carbonyl (C=O) groups excluding carboxylic acids is 2. The largest absolute Gasteiger partial charge is 0.494 e. The van der Waals surface area contributed by atoms with Gasteiger partial charge in [-0.2, -0.15) is 0 Å². The van der Waals surface area contributed by atoms with Crippen LogP contribution >= 0.6 is 0 Å². The first-order chi connectivity index (χ1) is 12.5. The van der Waals surface area contributed by atoms with Crippen LogP contribution in [0, 0.1) is 0 Å². The van der Waals surface area contributed by atoms with Crippen molar-refractivity contribution in [3.63, 3.8) is 0 Å². The molecule has 1 saturated heterocycles. The second kappa shape index (κ2) is 8.11. The van der Waals surface area contributed by atoms with Crippen molar-refractivity contribution in [2.24, 2.45) is 0 Å². The van der Waals surface area contributed by atoms with Crippen molar-refractivity contribution >= 4 is 11.8 Å². The molecule has 3 rings (SSSR count). The van der Waals surface area contributed by atoms with Crippen LogP contribution in [0.15, 0.2) is 24.3 Å². The van der Waals surface area contributed by atoms with E-state index in [-0.39, 0.29) is 17.9 Å². The maximum absolute atomic E-state index is 12.9. The van der Waals surface area contributed by atoms with Crippen molar-refractivity contribution in [1.29, 1.82) is 0 Å². The Balaban J connectivity index is 1.62. The van der Waals surface area contributed by atoms with Crippen LogP contribution in [0.3, 0.4) is 0 Å². The first kappa shape index (κ1) is 18.7. The van der Waals surface area contributed by atoms with Gasteiger partial charge < -0.3 is 15.0 Å². The van der Waals surface area contributed by atoms with Gasteiger partial charge in [0.1, 0.15) is 11.3 Å². The molecule has 5 heteroatoms. The second-order valence-corrected chi connectivity index (χ2v) is 7.60. The van der Waals surface area contributed by atoms with Crippen LogP contribution in [0.2, 0.25) is 0 Å². The number of hydrogen-bond donors (Lipinski definition) is 1. The maximum atomic E-state index is 12.9. The smallest absolute Gasteiger partial charge is 0.245 e. The first-order valence-corrected chi connectivity index (χ1v) is 9.86. The highest BCUT2D eigenvalue weighted by Gasteiger charge is 2.47. The lowest BCUT2D eigenvalue weighted by molar-refractivity contribution is -0.140. The summed E-state index contributed by atoms with van der Waals surface area (Å²) < 4.78 is 5.47. The maximum Gasteiger partial charge on any atom is 0.245 e. The zero-order valence-corrected chi connectivity index (χ0v) is 15.9. The van der Waals surface area contributed by atoms with Crippen molar-refractivity contribution in [2.75, 3.05) is 13.2 Å². The molecule has 0 unspecified atom stereocenters. The number of nitrogens with zero attached hydrogens (tertiary/aromatic N) is 1. The number of benzene rings is 1. The van der Waals surface area contributed by atoms with Gasteiger partial charge in [-0.15, -0.1) is 0 Å². The third-order valence-electron chi connectivity index (χ3n) is 5.76. The van der Waals surface area contributed by atoms with E-state index in [1.54, 1.807) is 4.90 Å². The number of likely N-dealkylation sites (tertiary alicyclic amines) is 1. The molecule has 0 aromatic heterocycles. The molecule has 1 atom stereocenters. The average Bonchev–Trinajstić information content (AvgIpc) is 3.24. The summed E-state index contributed by atoms with van der Waals surface area (Å²) in [6.07, 6.45) is 6.28. The van der Waals surface area contributed by atoms with Crippen LogP contribution in [0.4, 0.5) is 0 Å². The summed E-state index contributed by atoms with van der Waals surface area (Å²) in [5.41, 5.74) is 0.428.